The first-order valence-corrected chi connectivity index (χ1v) is 11.1. The minimum absolute atomic E-state index is 0.180. The Morgan fingerprint density at radius 1 is 1.07 bits per heavy atom. The molecule has 3 aromatic rings. The van der Waals surface area contributed by atoms with Gasteiger partial charge in [-0.1, -0.05) is 43.2 Å². The van der Waals surface area contributed by atoms with Crippen LogP contribution in [0.15, 0.2) is 48.9 Å². The van der Waals surface area contributed by atoms with Gasteiger partial charge < -0.3 is 10.2 Å². The molecule has 1 aliphatic carbocycles. The number of carbonyl (C=O) groups is 1. The van der Waals surface area contributed by atoms with Crippen molar-refractivity contribution in [3.63, 3.8) is 0 Å². The summed E-state index contributed by atoms with van der Waals surface area (Å²) in [6, 6.07) is 12.0. The van der Waals surface area contributed by atoms with Crippen molar-refractivity contribution in [3.8, 4) is 0 Å². The fourth-order valence-electron chi connectivity index (χ4n) is 5.07. The Hall–Kier alpha value is -2.73. The molecule has 5 rings (SSSR count). The molecule has 1 unspecified atom stereocenters. The number of amides is 1. The molecule has 1 N–H and O–H groups in total. The number of aromatic nitrogens is 3. The molecule has 1 saturated heterocycles. The third-order valence-electron chi connectivity index (χ3n) is 6.66. The average Bonchev–Trinajstić information content (AvgIpc) is 3.54. The first-order valence-electron chi connectivity index (χ1n) is 11.1. The van der Waals surface area contributed by atoms with Gasteiger partial charge in [0.15, 0.2) is 11.3 Å². The standard InChI is InChI=1S/C24H29N5O/c30-24(26-14-18-6-2-1-3-7-18)22-23-25-12-10-21(29(23)17-27-22)20-11-13-28(16-20)15-19-8-4-5-9-19/h1-3,6-7,10,12,17,19-20H,4-5,8-9,11,13-16H2,(H,26,30). The van der Waals surface area contributed by atoms with E-state index in [9.17, 15) is 4.79 Å². The summed E-state index contributed by atoms with van der Waals surface area (Å²) in [5.41, 5.74) is 3.32. The Morgan fingerprint density at radius 3 is 2.73 bits per heavy atom. The van der Waals surface area contributed by atoms with E-state index in [-0.39, 0.29) is 5.91 Å². The van der Waals surface area contributed by atoms with Gasteiger partial charge in [0, 0.05) is 37.4 Å². The van der Waals surface area contributed by atoms with Gasteiger partial charge in [0.2, 0.25) is 0 Å². The fraction of sp³-hybridized carbons (Fsp3) is 0.458. The molecular weight excluding hydrogens is 374 g/mol. The SMILES string of the molecule is O=C(NCc1ccccc1)c1ncn2c(C3CCN(CC4CCCC4)C3)ccnc12. The maximum Gasteiger partial charge on any atom is 0.274 e. The molecule has 1 saturated carbocycles. The van der Waals surface area contributed by atoms with Gasteiger partial charge in [-0.15, -0.1) is 0 Å². The quantitative estimate of drug-likeness (QED) is 0.683. The molecule has 0 radical (unpaired) electrons. The van der Waals surface area contributed by atoms with Crippen LogP contribution in [0.4, 0.5) is 0 Å². The molecule has 3 heterocycles. The van der Waals surface area contributed by atoms with Crippen LogP contribution >= 0.6 is 0 Å². The van der Waals surface area contributed by atoms with Crippen LogP contribution < -0.4 is 5.32 Å². The van der Waals surface area contributed by atoms with Crippen molar-refractivity contribution >= 4 is 11.6 Å². The van der Waals surface area contributed by atoms with Crippen LogP contribution in [0.25, 0.3) is 5.65 Å². The van der Waals surface area contributed by atoms with E-state index in [0.717, 1.165) is 31.0 Å². The first-order chi connectivity index (χ1) is 14.8. The van der Waals surface area contributed by atoms with Crippen molar-refractivity contribution in [2.45, 2.75) is 44.6 Å². The second-order valence-electron chi connectivity index (χ2n) is 8.72. The summed E-state index contributed by atoms with van der Waals surface area (Å²) in [5, 5.41) is 2.97. The average molecular weight is 404 g/mol. The molecule has 1 atom stereocenters. The Bertz CT molecular complexity index is 1010. The Labute approximate surface area is 177 Å². The number of nitrogens with one attached hydrogen (secondary N) is 1. The van der Waals surface area contributed by atoms with Gasteiger partial charge in [-0.3, -0.25) is 9.20 Å². The third kappa shape index (κ3) is 3.97. The number of fused-ring (bicyclic) bond motifs is 1. The summed E-state index contributed by atoms with van der Waals surface area (Å²) in [6.07, 6.45) is 10.3. The second kappa shape index (κ2) is 8.56. The number of nitrogens with zero attached hydrogens (tertiary/aromatic N) is 4. The van der Waals surface area contributed by atoms with Crippen molar-refractivity contribution in [2.75, 3.05) is 19.6 Å². The summed E-state index contributed by atoms with van der Waals surface area (Å²) in [4.78, 5) is 24.3. The minimum atomic E-state index is -0.180. The normalized spacial score (nSPS) is 20.2. The fourth-order valence-corrected chi connectivity index (χ4v) is 5.07. The van der Waals surface area contributed by atoms with Crippen molar-refractivity contribution in [1.29, 1.82) is 0 Å². The van der Waals surface area contributed by atoms with Crippen molar-refractivity contribution in [2.24, 2.45) is 5.92 Å². The van der Waals surface area contributed by atoms with Crippen molar-refractivity contribution in [3.05, 3.63) is 65.9 Å². The van der Waals surface area contributed by atoms with E-state index >= 15 is 0 Å². The summed E-state index contributed by atoms with van der Waals surface area (Å²) in [5.74, 6) is 1.17. The number of likely N-dealkylation sites (tertiary alicyclic amines) is 1. The molecule has 1 amide bonds. The van der Waals surface area contributed by atoms with Crippen molar-refractivity contribution in [1.82, 2.24) is 24.6 Å². The lowest BCUT2D eigenvalue weighted by atomic mass is 10.0. The third-order valence-corrected chi connectivity index (χ3v) is 6.66. The van der Waals surface area contributed by atoms with Gasteiger partial charge in [0.1, 0.15) is 6.33 Å². The highest BCUT2D eigenvalue weighted by atomic mass is 16.1. The van der Waals surface area contributed by atoms with Crippen LogP contribution in [0, 0.1) is 5.92 Å². The summed E-state index contributed by atoms with van der Waals surface area (Å²) in [7, 11) is 0. The van der Waals surface area contributed by atoms with Gasteiger partial charge in [-0.05, 0) is 43.4 Å². The number of rotatable bonds is 6. The monoisotopic (exact) mass is 403 g/mol. The smallest absolute Gasteiger partial charge is 0.274 e. The maximum absolute atomic E-state index is 12.7. The van der Waals surface area contributed by atoms with Gasteiger partial charge in [0.05, 0.1) is 0 Å². The molecule has 0 bridgehead atoms. The van der Waals surface area contributed by atoms with Gasteiger partial charge >= 0.3 is 0 Å². The zero-order valence-electron chi connectivity index (χ0n) is 17.3. The van der Waals surface area contributed by atoms with E-state index in [1.54, 1.807) is 6.33 Å². The number of benzene rings is 1. The highest BCUT2D eigenvalue weighted by Crippen LogP contribution is 2.31. The minimum Gasteiger partial charge on any atom is -0.347 e. The largest absolute Gasteiger partial charge is 0.347 e. The molecular formula is C24H29N5O. The van der Waals surface area contributed by atoms with E-state index in [2.05, 4.69) is 26.3 Å². The lowest BCUT2D eigenvalue weighted by Crippen LogP contribution is -2.26. The highest BCUT2D eigenvalue weighted by Gasteiger charge is 2.29. The van der Waals surface area contributed by atoms with E-state index in [1.807, 2.05) is 40.9 Å². The number of hydrogen-bond acceptors (Lipinski definition) is 4. The summed E-state index contributed by atoms with van der Waals surface area (Å²) in [6.45, 7) is 3.96. The molecule has 2 aliphatic rings. The van der Waals surface area contributed by atoms with Crippen LogP contribution in [0.5, 0.6) is 0 Å². The molecule has 30 heavy (non-hydrogen) atoms. The Kier molecular flexibility index (Phi) is 5.49. The Morgan fingerprint density at radius 2 is 1.90 bits per heavy atom. The molecule has 6 heteroatoms. The topological polar surface area (TPSA) is 62.5 Å². The zero-order chi connectivity index (χ0) is 20.3. The molecule has 2 aromatic heterocycles. The summed E-state index contributed by atoms with van der Waals surface area (Å²) >= 11 is 0. The lowest BCUT2D eigenvalue weighted by molar-refractivity contribution is 0.0948. The van der Waals surface area contributed by atoms with Crippen LogP contribution in [0.1, 0.15) is 59.8 Å². The van der Waals surface area contributed by atoms with Gasteiger partial charge in [-0.25, -0.2) is 9.97 Å². The second-order valence-corrected chi connectivity index (χ2v) is 8.72. The molecule has 2 fully saturated rings. The molecule has 1 aromatic carbocycles. The molecule has 6 nitrogen and oxygen atoms in total. The molecule has 0 spiro atoms. The van der Waals surface area contributed by atoms with Gasteiger partial charge in [0.25, 0.3) is 5.91 Å². The Balaban J connectivity index is 1.29. The van der Waals surface area contributed by atoms with Crippen molar-refractivity contribution < 1.29 is 4.79 Å². The van der Waals surface area contributed by atoms with Crippen LogP contribution in [0.2, 0.25) is 0 Å². The predicted molar refractivity (Wildman–Crippen MR) is 116 cm³/mol. The first kappa shape index (κ1) is 19.2. The predicted octanol–water partition coefficient (Wildman–Crippen LogP) is 3.64. The van der Waals surface area contributed by atoms with Gasteiger partial charge in [-0.2, -0.15) is 0 Å². The number of hydrogen-bond donors (Lipinski definition) is 1. The van der Waals surface area contributed by atoms with E-state index in [4.69, 9.17) is 0 Å². The van der Waals surface area contributed by atoms with E-state index in [0.29, 0.717) is 23.8 Å². The van der Waals surface area contributed by atoms with E-state index in [1.165, 1.54) is 37.9 Å². The number of carbonyl (C=O) groups excluding carboxylic acids is 1. The van der Waals surface area contributed by atoms with Crippen LogP contribution in [-0.2, 0) is 6.54 Å². The van der Waals surface area contributed by atoms with E-state index < -0.39 is 0 Å². The lowest BCUT2D eigenvalue weighted by Gasteiger charge is -2.20. The van der Waals surface area contributed by atoms with Crippen LogP contribution in [-0.4, -0.2) is 44.8 Å². The number of imidazole rings is 1. The summed E-state index contributed by atoms with van der Waals surface area (Å²) < 4.78 is 2.02. The molecule has 1 aliphatic heterocycles. The highest BCUT2D eigenvalue weighted by molar-refractivity contribution is 5.97. The maximum atomic E-state index is 12.7. The molecule has 156 valence electrons. The van der Waals surface area contributed by atoms with Crippen LogP contribution in [0.3, 0.4) is 0 Å². The zero-order valence-corrected chi connectivity index (χ0v) is 17.3.